The molecule has 0 aliphatic carbocycles. The lowest BCUT2D eigenvalue weighted by Gasteiger charge is -2.31. The largest absolute Gasteiger partial charge is 0.494 e. The molecule has 0 radical (unpaired) electrons. The van der Waals surface area contributed by atoms with Crippen LogP contribution in [0.15, 0.2) is 103 Å². The van der Waals surface area contributed by atoms with Gasteiger partial charge in [-0.15, -0.1) is 0 Å². The molecule has 0 aromatic heterocycles. The maximum absolute atomic E-state index is 14.4. The minimum Gasteiger partial charge on any atom is -0.494 e. The molecule has 5 N–H and O–H groups in total. The van der Waals surface area contributed by atoms with E-state index in [2.05, 4.69) is 5.32 Å². The van der Waals surface area contributed by atoms with Gasteiger partial charge in [0.1, 0.15) is 11.8 Å². The number of carbonyl (C=O) groups excluding carboxylic acids is 3. The molecule has 0 unspecified atom stereocenters. The van der Waals surface area contributed by atoms with Gasteiger partial charge in [-0.25, -0.2) is 0 Å². The van der Waals surface area contributed by atoms with Crippen LogP contribution < -0.4 is 21.5 Å². The summed E-state index contributed by atoms with van der Waals surface area (Å²) in [5, 5.41) is 3.02. The lowest BCUT2D eigenvalue weighted by atomic mass is 9.86. The van der Waals surface area contributed by atoms with Crippen molar-refractivity contribution < 1.29 is 19.1 Å². The van der Waals surface area contributed by atoms with Gasteiger partial charge < -0.3 is 26.4 Å². The third-order valence-corrected chi connectivity index (χ3v) is 7.69. The molecule has 4 aromatic carbocycles. The number of rotatable bonds is 14. The fourth-order valence-corrected chi connectivity index (χ4v) is 5.22. The van der Waals surface area contributed by atoms with Crippen LogP contribution in [0.4, 0.5) is 0 Å². The first-order valence-corrected chi connectivity index (χ1v) is 14.8. The zero-order valence-electron chi connectivity index (χ0n) is 25.2. The van der Waals surface area contributed by atoms with Crippen LogP contribution in [0.1, 0.15) is 51.0 Å². The van der Waals surface area contributed by atoms with E-state index >= 15 is 0 Å². The molecule has 0 aliphatic rings. The Balaban J connectivity index is 1.65. The minimum absolute atomic E-state index is 0.273. The molecule has 0 spiro atoms. The number of amides is 3. The van der Waals surface area contributed by atoms with E-state index in [-0.39, 0.29) is 17.4 Å². The van der Waals surface area contributed by atoms with Crippen LogP contribution in [-0.4, -0.2) is 42.3 Å². The summed E-state index contributed by atoms with van der Waals surface area (Å²) in [6, 6.07) is 30.9. The number of nitrogens with zero attached hydrogens (tertiary/aromatic N) is 1. The molecule has 3 amide bonds. The second kappa shape index (κ2) is 15.5. The van der Waals surface area contributed by atoms with E-state index in [1.807, 2.05) is 85.8 Å². The molecule has 0 heterocycles. The molecule has 0 fully saturated rings. The van der Waals surface area contributed by atoms with Gasteiger partial charge in [-0.1, -0.05) is 84.9 Å². The van der Waals surface area contributed by atoms with Gasteiger partial charge in [0.15, 0.2) is 0 Å². The zero-order valence-corrected chi connectivity index (χ0v) is 25.2. The Kier molecular flexibility index (Phi) is 11.3. The monoisotopic (exact) mass is 592 g/mol. The van der Waals surface area contributed by atoms with Crippen LogP contribution in [0.25, 0.3) is 0 Å². The van der Waals surface area contributed by atoms with E-state index in [1.165, 1.54) is 4.90 Å². The van der Waals surface area contributed by atoms with Gasteiger partial charge in [0.25, 0.3) is 0 Å². The van der Waals surface area contributed by atoms with Crippen molar-refractivity contribution in [1.29, 1.82) is 0 Å². The summed E-state index contributed by atoms with van der Waals surface area (Å²) in [5.74, 6) is -1.24. The molecular formula is C36H40N4O4. The highest BCUT2D eigenvalue weighted by molar-refractivity contribution is 5.98. The van der Waals surface area contributed by atoms with Crippen LogP contribution in [-0.2, 0) is 35.5 Å². The van der Waals surface area contributed by atoms with Crippen LogP contribution >= 0.6 is 0 Å². The molecule has 0 aliphatic heterocycles. The summed E-state index contributed by atoms with van der Waals surface area (Å²) < 4.78 is 5.58. The van der Waals surface area contributed by atoms with Gasteiger partial charge >= 0.3 is 0 Å². The number of ether oxygens (including phenoxy) is 1. The van der Waals surface area contributed by atoms with E-state index in [1.54, 1.807) is 31.3 Å². The molecule has 0 saturated carbocycles. The zero-order chi connectivity index (χ0) is 31.5. The van der Waals surface area contributed by atoms with E-state index in [9.17, 15) is 14.4 Å². The van der Waals surface area contributed by atoms with Crippen LogP contribution in [0.3, 0.4) is 0 Å². The first kappa shape index (κ1) is 32.0. The maximum atomic E-state index is 14.4. The van der Waals surface area contributed by atoms with Gasteiger partial charge in [0, 0.05) is 32.1 Å². The number of benzene rings is 4. The minimum atomic E-state index is -0.809. The maximum Gasteiger partial charge on any atom is 0.249 e. The number of nitrogens with two attached hydrogens (primary N) is 2. The first-order chi connectivity index (χ1) is 21.3. The van der Waals surface area contributed by atoms with Crippen molar-refractivity contribution in [1.82, 2.24) is 10.2 Å². The second-order valence-electron chi connectivity index (χ2n) is 10.7. The van der Waals surface area contributed by atoms with Crippen molar-refractivity contribution in [2.24, 2.45) is 11.5 Å². The predicted molar refractivity (Wildman–Crippen MR) is 172 cm³/mol. The summed E-state index contributed by atoms with van der Waals surface area (Å²) in [5.41, 5.74) is 16.0. The van der Waals surface area contributed by atoms with Gasteiger partial charge in [-0.3, -0.25) is 14.4 Å². The Bertz CT molecular complexity index is 1540. The molecular weight excluding hydrogens is 552 g/mol. The Morgan fingerprint density at radius 2 is 1.36 bits per heavy atom. The Labute approximate surface area is 259 Å². The SMILES string of the molecule is CCOc1ccc(C[C@@H](C(=O)N(C)[C@@H](Cc2ccccc2)C(=O)NCc2ccc(CN)cc2)c2ccccc2C(N)=O)cc1. The normalized spacial score (nSPS) is 12.2. The van der Waals surface area contributed by atoms with E-state index in [4.69, 9.17) is 16.2 Å². The fraction of sp³-hybridized carbons (Fsp3) is 0.250. The summed E-state index contributed by atoms with van der Waals surface area (Å²) in [4.78, 5) is 42.1. The summed E-state index contributed by atoms with van der Waals surface area (Å²) >= 11 is 0. The number of nitrogens with one attached hydrogen (secondary N) is 1. The topological polar surface area (TPSA) is 128 Å². The molecule has 44 heavy (non-hydrogen) atoms. The lowest BCUT2D eigenvalue weighted by molar-refractivity contribution is -0.140. The van der Waals surface area contributed by atoms with E-state index in [0.29, 0.717) is 38.1 Å². The van der Waals surface area contributed by atoms with Crippen molar-refractivity contribution in [2.75, 3.05) is 13.7 Å². The van der Waals surface area contributed by atoms with Crippen molar-refractivity contribution in [3.8, 4) is 5.75 Å². The third kappa shape index (κ3) is 8.33. The van der Waals surface area contributed by atoms with Gasteiger partial charge in [0.05, 0.1) is 12.5 Å². The summed E-state index contributed by atoms with van der Waals surface area (Å²) in [6.45, 7) is 3.20. The molecule has 8 nitrogen and oxygen atoms in total. The van der Waals surface area contributed by atoms with E-state index < -0.39 is 17.9 Å². The number of hydrogen-bond acceptors (Lipinski definition) is 5. The van der Waals surface area contributed by atoms with Crippen molar-refractivity contribution in [3.63, 3.8) is 0 Å². The number of primary amides is 1. The Morgan fingerprint density at radius 1 is 0.773 bits per heavy atom. The number of hydrogen-bond donors (Lipinski definition) is 3. The van der Waals surface area contributed by atoms with Crippen molar-refractivity contribution in [3.05, 3.63) is 137 Å². The van der Waals surface area contributed by atoms with Gasteiger partial charge in [-0.2, -0.15) is 0 Å². The molecule has 4 aromatic rings. The highest BCUT2D eigenvalue weighted by Crippen LogP contribution is 2.28. The van der Waals surface area contributed by atoms with Crippen LogP contribution in [0.2, 0.25) is 0 Å². The number of carbonyl (C=O) groups is 3. The molecule has 4 rings (SSSR count). The van der Waals surface area contributed by atoms with Crippen molar-refractivity contribution in [2.45, 2.75) is 44.8 Å². The Hall–Kier alpha value is -4.95. The fourth-order valence-electron chi connectivity index (χ4n) is 5.22. The van der Waals surface area contributed by atoms with Gasteiger partial charge in [0.2, 0.25) is 17.7 Å². The lowest BCUT2D eigenvalue weighted by Crippen LogP contribution is -2.50. The molecule has 0 bridgehead atoms. The summed E-state index contributed by atoms with van der Waals surface area (Å²) in [7, 11) is 1.64. The molecule has 0 saturated heterocycles. The average Bonchev–Trinajstić information content (AvgIpc) is 3.06. The summed E-state index contributed by atoms with van der Waals surface area (Å²) in [6.07, 6.45) is 0.612. The molecule has 2 atom stereocenters. The number of likely N-dealkylation sites (N-methyl/N-ethyl adjacent to an activating group) is 1. The van der Waals surface area contributed by atoms with Crippen LogP contribution in [0.5, 0.6) is 5.75 Å². The second-order valence-corrected chi connectivity index (χ2v) is 10.7. The third-order valence-electron chi connectivity index (χ3n) is 7.69. The standard InChI is InChI=1S/C36H40N4O4/c1-3-44-29-19-17-26(18-20-29)21-32(30-11-7-8-12-31(30)34(38)41)36(43)40(2)33(22-25-9-5-4-6-10-25)35(42)39-24-28-15-13-27(23-37)14-16-28/h4-20,32-33H,3,21-24,37H2,1-2H3,(H2,38,41)(H,39,42)/t32-,33+/m1/s1. The molecule has 228 valence electrons. The van der Waals surface area contributed by atoms with Crippen molar-refractivity contribution >= 4 is 17.7 Å². The first-order valence-electron chi connectivity index (χ1n) is 14.8. The molecule has 8 heteroatoms. The average molecular weight is 593 g/mol. The predicted octanol–water partition coefficient (Wildman–Crippen LogP) is 4.36. The van der Waals surface area contributed by atoms with Gasteiger partial charge in [-0.05, 0) is 59.4 Å². The highest BCUT2D eigenvalue weighted by atomic mass is 16.5. The Morgan fingerprint density at radius 3 is 2.00 bits per heavy atom. The van der Waals surface area contributed by atoms with E-state index in [0.717, 1.165) is 28.0 Å². The quantitative estimate of drug-likeness (QED) is 0.201. The smallest absolute Gasteiger partial charge is 0.249 e. The van der Waals surface area contributed by atoms with Crippen LogP contribution in [0, 0.1) is 0 Å². The highest BCUT2D eigenvalue weighted by Gasteiger charge is 2.34.